The van der Waals surface area contributed by atoms with Gasteiger partial charge in [-0.1, -0.05) is 6.92 Å². The third-order valence-electron chi connectivity index (χ3n) is 3.64. The average Bonchev–Trinajstić information content (AvgIpc) is 2.68. The molecule has 1 aromatic heterocycles. The van der Waals surface area contributed by atoms with E-state index in [1.807, 2.05) is 0 Å². The lowest BCUT2D eigenvalue weighted by Gasteiger charge is -2.34. The molecule has 0 radical (unpaired) electrons. The second kappa shape index (κ2) is 7.18. The Morgan fingerprint density at radius 2 is 2.37 bits per heavy atom. The van der Waals surface area contributed by atoms with Crippen LogP contribution in [0.4, 0.5) is 0 Å². The molecular formula is C14H23BrN2OS. The maximum Gasteiger partial charge on any atom is 0.0702 e. The van der Waals surface area contributed by atoms with E-state index in [0.29, 0.717) is 6.04 Å². The van der Waals surface area contributed by atoms with Gasteiger partial charge in [-0.25, -0.2) is 0 Å². The van der Waals surface area contributed by atoms with Crippen LogP contribution in [0.25, 0.3) is 0 Å². The summed E-state index contributed by atoms with van der Waals surface area (Å²) in [7, 11) is 0. The van der Waals surface area contributed by atoms with Crippen molar-refractivity contribution in [3.05, 3.63) is 20.8 Å². The van der Waals surface area contributed by atoms with Crippen molar-refractivity contribution < 1.29 is 4.74 Å². The summed E-state index contributed by atoms with van der Waals surface area (Å²) >= 11 is 5.35. The molecule has 108 valence electrons. The van der Waals surface area contributed by atoms with Gasteiger partial charge in [0.25, 0.3) is 0 Å². The maximum atomic E-state index is 6.39. The van der Waals surface area contributed by atoms with Gasteiger partial charge in [-0.3, -0.25) is 4.90 Å². The average molecular weight is 347 g/mol. The van der Waals surface area contributed by atoms with Gasteiger partial charge >= 0.3 is 0 Å². The minimum absolute atomic E-state index is 0.177. The van der Waals surface area contributed by atoms with E-state index >= 15 is 0 Å². The van der Waals surface area contributed by atoms with Crippen molar-refractivity contribution in [2.24, 2.45) is 5.73 Å². The number of thiophene rings is 1. The first-order chi connectivity index (χ1) is 9.11. The fourth-order valence-corrected chi connectivity index (χ4v) is 4.29. The third kappa shape index (κ3) is 4.02. The summed E-state index contributed by atoms with van der Waals surface area (Å²) in [6.07, 6.45) is 2.37. The highest BCUT2D eigenvalue weighted by Gasteiger charge is 2.29. The predicted octanol–water partition coefficient (Wildman–Crippen LogP) is 3.40. The van der Waals surface area contributed by atoms with E-state index in [2.05, 4.69) is 46.8 Å². The number of halogens is 1. The maximum absolute atomic E-state index is 6.39. The molecule has 1 aliphatic heterocycles. The van der Waals surface area contributed by atoms with Crippen LogP contribution in [0.15, 0.2) is 15.9 Å². The van der Waals surface area contributed by atoms with E-state index in [4.69, 9.17) is 10.5 Å². The summed E-state index contributed by atoms with van der Waals surface area (Å²) in [6, 6.07) is 4.81. The Morgan fingerprint density at radius 1 is 1.58 bits per heavy atom. The normalized spacial score (nSPS) is 24.9. The van der Waals surface area contributed by atoms with Gasteiger partial charge in [0.15, 0.2) is 0 Å². The summed E-state index contributed by atoms with van der Waals surface area (Å²) in [6.45, 7) is 7.21. The standard InChI is InChI=1S/C14H23BrN2OS/c1-3-11(16)14(12-5-6-13(15)19-12)17-7-4-8-18-10(2)9-17/h5-6,10-11,14H,3-4,7-9,16H2,1-2H3. The molecule has 5 heteroatoms. The van der Waals surface area contributed by atoms with Gasteiger partial charge in [0.05, 0.1) is 15.9 Å². The van der Waals surface area contributed by atoms with Gasteiger partial charge < -0.3 is 10.5 Å². The largest absolute Gasteiger partial charge is 0.377 e. The van der Waals surface area contributed by atoms with Gasteiger partial charge in [0.1, 0.15) is 0 Å². The highest BCUT2D eigenvalue weighted by Crippen LogP contribution is 2.34. The van der Waals surface area contributed by atoms with Crippen LogP contribution >= 0.6 is 27.3 Å². The lowest BCUT2D eigenvalue weighted by Crippen LogP contribution is -2.43. The molecule has 3 unspecified atom stereocenters. The second-order valence-corrected chi connectivity index (χ2v) is 7.68. The summed E-state index contributed by atoms with van der Waals surface area (Å²) in [4.78, 5) is 3.86. The molecule has 2 heterocycles. The predicted molar refractivity (Wildman–Crippen MR) is 84.6 cm³/mol. The second-order valence-electron chi connectivity index (χ2n) is 5.19. The fraction of sp³-hybridized carbons (Fsp3) is 0.714. The SMILES string of the molecule is CCC(N)C(c1ccc(Br)s1)N1CCCOC(C)C1. The summed E-state index contributed by atoms with van der Waals surface area (Å²) in [5, 5.41) is 0. The zero-order valence-electron chi connectivity index (χ0n) is 11.6. The Hall–Kier alpha value is 0.0600. The molecule has 1 aromatic rings. The Labute approximate surface area is 128 Å². The molecule has 0 saturated carbocycles. The minimum Gasteiger partial charge on any atom is -0.377 e. The zero-order chi connectivity index (χ0) is 13.8. The van der Waals surface area contributed by atoms with Gasteiger partial charge in [0.2, 0.25) is 0 Å². The van der Waals surface area contributed by atoms with Crippen LogP contribution in [0.1, 0.15) is 37.6 Å². The van der Waals surface area contributed by atoms with E-state index in [-0.39, 0.29) is 12.1 Å². The number of nitrogens with zero attached hydrogens (tertiary/aromatic N) is 1. The molecule has 3 atom stereocenters. The van der Waals surface area contributed by atoms with E-state index < -0.39 is 0 Å². The van der Waals surface area contributed by atoms with E-state index in [9.17, 15) is 0 Å². The Bertz CT molecular complexity index is 399. The van der Waals surface area contributed by atoms with Crippen molar-refractivity contribution >= 4 is 27.3 Å². The number of hydrogen-bond acceptors (Lipinski definition) is 4. The van der Waals surface area contributed by atoms with Gasteiger partial charge in [-0.2, -0.15) is 0 Å². The Kier molecular flexibility index (Phi) is 5.84. The van der Waals surface area contributed by atoms with Gasteiger partial charge in [-0.15, -0.1) is 11.3 Å². The minimum atomic E-state index is 0.177. The van der Waals surface area contributed by atoms with Crippen LogP contribution in [-0.4, -0.2) is 36.7 Å². The van der Waals surface area contributed by atoms with Crippen LogP contribution in [-0.2, 0) is 4.74 Å². The quantitative estimate of drug-likeness (QED) is 0.907. The van der Waals surface area contributed by atoms with Crippen molar-refractivity contribution in [3.63, 3.8) is 0 Å². The zero-order valence-corrected chi connectivity index (χ0v) is 14.0. The van der Waals surface area contributed by atoms with Crippen LogP contribution < -0.4 is 5.73 Å². The molecular weight excluding hydrogens is 324 g/mol. The molecule has 1 aliphatic rings. The number of hydrogen-bond donors (Lipinski definition) is 1. The van der Waals surface area contributed by atoms with Crippen LogP contribution in [0.3, 0.4) is 0 Å². The first-order valence-electron chi connectivity index (χ1n) is 6.98. The van der Waals surface area contributed by atoms with Crippen molar-refractivity contribution in [2.75, 3.05) is 19.7 Å². The molecule has 0 aromatic carbocycles. The highest BCUT2D eigenvalue weighted by molar-refractivity contribution is 9.11. The number of rotatable bonds is 4. The lowest BCUT2D eigenvalue weighted by atomic mass is 10.0. The lowest BCUT2D eigenvalue weighted by molar-refractivity contribution is 0.0579. The first kappa shape index (κ1) is 15.4. The molecule has 2 rings (SSSR count). The Balaban J connectivity index is 2.21. The third-order valence-corrected chi connectivity index (χ3v) is 5.33. The molecule has 0 aliphatic carbocycles. The van der Waals surface area contributed by atoms with Crippen molar-refractivity contribution in [3.8, 4) is 0 Å². The Morgan fingerprint density at radius 3 is 3.00 bits per heavy atom. The van der Waals surface area contributed by atoms with Crippen molar-refractivity contribution in [1.82, 2.24) is 4.90 Å². The number of nitrogens with two attached hydrogens (primary N) is 1. The smallest absolute Gasteiger partial charge is 0.0702 e. The van der Waals surface area contributed by atoms with E-state index in [1.54, 1.807) is 11.3 Å². The molecule has 0 spiro atoms. The molecule has 0 bridgehead atoms. The summed E-state index contributed by atoms with van der Waals surface area (Å²) < 4.78 is 6.93. The van der Waals surface area contributed by atoms with Gasteiger partial charge in [-0.05, 0) is 47.8 Å². The van der Waals surface area contributed by atoms with Crippen molar-refractivity contribution in [2.45, 2.75) is 44.9 Å². The van der Waals surface area contributed by atoms with Crippen LogP contribution in [0, 0.1) is 0 Å². The molecule has 2 N–H and O–H groups in total. The van der Waals surface area contributed by atoms with E-state index in [0.717, 1.165) is 32.5 Å². The molecule has 1 saturated heterocycles. The number of ether oxygens (including phenoxy) is 1. The van der Waals surface area contributed by atoms with Crippen LogP contribution in [0.5, 0.6) is 0 Å². The van der Waals surface area contributed by atoms with Gasteiger partial charge in [0, 0.05) is 30.6 Å². The first-order valence-corrected chi connectivity index (χ1v) is 8.59. The molecule has 1 fully saturated rings. The monoisotopic (exact) mass is 346 g/mol. The topological polar surface area (TPSA) is 38.5 Å². The molecule has 19 heavy (non-hydrogen) atoms. The highest BCUT2D eigenvalue weighted by atomic mass is 79.9. The van der Waals surface area contributed by atoms with Crippen molar-refractivity contribution in [1.29, 1.82) is 0 Å². The van der Waals surface area contributed by atoms with Crippen LogP contribution in [0.2, 0.25) is 0 Å². The summed E-state index contributed by atoms with van der Waals surface area (Å²) in [5.41, 5.74) is 6.39. The molecule has 0 amide bonds. The van der Waals surface area contributed by atoms with E-state index in [1.165, 1.54) is 8.66 Å². The summed E-state index contributed by atoms with van der Waals surface area (Å²) in [5.74, 6) is 0. The fourth-order valence-electron chi connectivity index (χ4n) is 2.65. The molecule has 3 nitrogen and oxygen atoms in total.